The molecule has 1 rings (SSSR count). The first-order valence-corrected chi connectivity index (χ1v) is 2.84. The van der Waals surface area contributed by atoms with Gasteiger partial charge in [0.05, 0.1) is 0 Å². The van der Waals surface area contributed by atoms with Gasteiger partial charge in [-0.25, -0.2) is 4.98 Å². The summed E-state index contributed by atoms with van der Waals surface area (Å²) in [7, 11) is 1.60. The molecule has 0 aliphatic heterocycles. The Hall–Kier alpha value is -1.26. The summed E-state index contributed by atoms with van der Waals surface area (Å²) in [6.07, 6.45) is 0. The summed E-state index contributed by atoms with van der Waals surface area (Å²) >= 11 is 0. The quantitative estimate of drug-likeness (QED) is 0.426. The van der Waals surface area contributed by atoms with Crippen LogP contribution in [0.1, 0.15) is 5.82 Å². The van der Waals surface area contributed by atoms with Crippen LogP contribution in [-0.2, 0) is 0 Å². The maximum atomic E-state index is 8.96. The van der Waals surface area contributed by atoms with E-state index in [0.717, 1.165) is 0 Å². The van der Waals surface area contributed by atoms with Crippen molar-refractivity contribution in [3.8, 4) is 11.6 Å². The van der Waals surface area contributed by atoms with Gasteiger partial charge in [0.15, 0.2) is 13.6 Å². The molecule has 0 aromatic carbocycles. The highest BCUT2D eigenvalue weighted by Gasteiger charge is 2.04. The average Bonchev–Trinajstić information content (AvgIpc) is 1.82. The van der Waals surface area contributed by atoms with E-state index in [4.69, 9.17) is 10.2 Å². The molecule has 0 unspecified atom stereocenters. The molecule has 0 aliphatic rings. The van der Waals surface area contributed by atoms with Crippen LogP contribution in [0.3, 0.4) is 0 Å². The minimum Gasteiger partial charge on any atom is -0.502 e. The van der Waals surface area contributed by atoms with Crippen LogP contribution in [-0.4, -0.2) is 28.0 Å². The van der Waals surface area contributed by atoms with E-state index in [9.17, 15) is 0 Å². The fourth-order valence-electron chi connectivity index (χ4n) is 0.689. The molecular formula is C5H7BN2O2. The lowest BCUT2D eigenvalue weighted by molar-refractivity contribution is 0.388. The maximum Gasteiger partial charge on any atom is 0.257 e. The summed E-state index contributed by atoms with van der Waals surface area (Å²) in [5, 5.41) is 17.8. The third-order valence-electron chi connectivity index (χ3n) is 1.15. The molecule has 2 N–H and O–H groups in total. The zero-order valence-corrected chi connectivity index (χ0v) is 5.79. The van der Waals surface area contributed by atoms with Crippen molar-refractivity contribution in [2.45, 2.75) is 6.92 Å². The first-order chi connectivity index (χ1) is 4.61. The second-order valence-electron chi connectivity index (χ2n) is 2.03. The van der Waals surface area contributed by atoms with E-state index in [1.807, 2.05) is 0 Å². The smallest absolute Gasteiger partial charge is 0.257 e. The summed E-state index contributed by atoms with van der Waals surface area (Å²) in [4.78, 5) is 7.34. The van der Waals surface area contributed by atoms with Gasteiger partial charge >= 0.3 is 0 Å². The Morgan fingerprint density at radius 2 is 1.90 bits per heavy atom. The van der Waals surface area contributed by atoms with E-state index in [2.05, 4.69) is 9.97 Å². The normalized spacial score (nSPS) is 9.70. The Balaban J connectivity index is 3.31. The second-order valence-corrected chi connectivity index (χ2v) is 2.03. The number of nitrogens with zero attached hydrogens (tertiary/aromatic N) is 2. The molecule has 0 bridgehead atoms. The zero-order valence-electron chi connectivity index (χ0n) is 5.79. The van der Waals surface area contributed by atoms with E-state index >= 15 is 0 Å². The van der Waals surface area contributed by atoms with Crippen LogP contribution >= 0.6 is 0 Å². The number of hydrogen-bond donors (Lipinski definition) is 2. The number of aromatic nitrogens is 2. The Bertz CT molecular complexity index is 241. The topological polar surface area (TPSA) is 66.2 Å². The molecular weight excluding hydrogens is 131 g/mol. The fourth-order valence-corrected chi connectivity index (χ4v) is 0.689. The Labute approximate surface area is 59.0 Å². The summed E-state index contributed by atoms with van der Waals surface area (Å²) in [6.45, 7) is 1.64. The van der Waals surface area contributed by atoms with Crippen molar-refractivity contribution in [2.75, 3.05) is 0 Å². The average molecular weight is 138 g/mol. The molecule has 5 heteroatoms. The zero-order chi connectivity index (χ0) is 7.72. The van der Waals surface area contributed by atoms with Gasteiger partial charge < -0.3 is 10.2 Å². The van der Waals surface area contributed by atoms with Crippen molar-refractivity contribution in [3.63, 3.8) is 0 Å². The lowest BCUT2D eigenvalue weighted by Crippen LogP contribution is -2.11. The first kappa shape index (κ1) is 6.86. The van der Waals surface area contributed by atoms with Gasteiger partial charge in [-0.05, 0) is 6.92 Å². The highest BCUT2D eigenvalue weighted by Crippen LogP contribution is 2.15. The molecule has 1 aromatic rings. The molecule has 0 fully saturated rings. The Morgan fingerprint density at radius 1 is 1.30 bits per heavy atom. The van der Waals surface area contributed by atoms with Gasteiger partial charge in [0, 0.05) is 5.59 Å². The molecule has 10 heavy (non-hydrogen) atoms. The van der Waals surface area contributed by atoms with Crippen LogP contribution < -0.4 is 5.59 Å². The summed E-state index contributed by atoms with van der Waals surface area (Å²) in [5.41, 5.74) is 0.394. The minimum absolute atomic E-state index is 0.245. The Kier molecular flexibility index (Phi) is 1.49. The standard InChI is InChI=1S/C5H7BN2O2/c1-2-7-4(6)3(9)5(10)8-2/h9H,6H2,1H3,(H,7,8,10). The van der Waals surface area contributed by atoms with Gasteiger partial charge in [0.25, 0.3) is 5.88 Å². The molecule has 0 radical (unpaired) electrons. The summed E-state index contributed by atoms with van der Waals surface area (Å²) in [5.74, 6) is -0.150. The van der Waals surface area contributed by atoms with E-state index in [1.165, 1.54) is 0 Å². The summed E-state index contributed by atoms with van der Waals surface area (Å²) < 4.78 is 0. The highest BCUT2D eigenvalue weighted by molar-refractivity contribution is 6.32. The van der Waals surface area contributed by atoms with E-state index in [1.54, 1.807) is 14.8 Å². The molecule has 4 nitrogen and oxygen atoms in total. The molecule has 0 spiro atoms. The lowest BCUT2D eigenvalue weighted by atomic mass is 10.0. The van der Waals surface area contributed by atoms with E-state index in [-0.39, 0.29) is 11.6 Å². The third kappa shape index (κ3) is 1.02. The van der Waals surface area contributed by atoms with Gasteiger partial charge in [0.2, 0.25) is 0 Å². The van der Waals surface area contributed by atoms with Crippen LogP contribution in [0, 0.1) is 6.92 Å². The van der Waals surface area contributed by atoms with Crippen LogP contribution in [0.2, 0.25) is 0 Å². The van der Waals surface area contributed by atoms with Crippen molar-refractivity contribution < 1.29 is 10.2 Å². The Morgan fingerprint density at radius 3 is 2.40 bits per heavy atom. The number of hydrogen-bond acceptors (Lipinski definition) is 4. The van der Waals surface area contributed by atoms with E-state index < -0.39 is 0 Å². The predicted octanol–water partition coefficient (Wildman–Crippen LogP) is -1.55. The molecule has 0 atom stereocenters. The van der Waals surface area contributed by atoms with Crippen LogP contribution in [0.15, 0.2) is 0 Å². The number of aromatic hydroxyl groups is 2. The monoisotopic (exact) mass is 138 g/mol. The van der Waals surface area contributed by atoms with Gasteiger partial charge in [-0.15, -0.1) is 0 Å². The van der Waals surface area contributed by atoms with Gasteiger partial charge in [-0.2, -0.15) is 4.98 Å². The van der Waals surface area contributed by atoms with Crippen molar-refractivity contribution in [3.05, 3.63) is 5.82 Å². The summed E-state index contributed by atoms with van der Waals surface area (Å²) in [6, 6.07) is 0. The number of rotatable bonds is 0. The second kappa shape index (κ2) is 2.17. The fraction of sp³-hybridized carbons (Fsp3) is 0.200. The minimum atomic E-state index is -0.356. The van der Waals surface area contributed by atoms with E-state index in [0.29, 0.717) is 11.4 Å². The molecule has 1 heterocycles. The van der Waals surface area contributed by atoms with Gasteiger partial charge in [-0.1, -0.05) is 0 Å². The van der Waals surface area contributed by atoms with Crippen LogP contribution in [0.5, 0.6) is 11.6 Å². The highest BCUT2D eigenvalue weighted by atomic mass is 16.3. The van der Waals surface area contributed by atoms with Crippen LogP contribution in [0.25, 0.3) is 0 Å². The van der Waals surface area contributed by atoms with Gasteiger partial charge in [-0.3, -0.25) is 0 Å². The third-order valence-corrected chi connectivity index (χ3v) is 1.15. The van der Waals surface area contributed by atoms with Crippen molar-refractivity contribution in [2.24, 2.45) is 0 Å². The first-order valence-electron chi connectivity index (χ1n) is 2.84. The molecule has 0 saturated carbocycles. The molecule has 0 aliphatic carbocycles. The SMILES string of the molecule is Bc1nc(C)nc(O)c1O. The molecule has 0 amide bonds. The molecule has 52 valence electrons. The largest absolute Gasteiger partial charge is 0.502 e. The maximum absolute atomic E-state index is 8.96. The molecule has 0 saturated heterocycles. The number of aryl methyl sites for hydroxylation is 1. The van der Waals surface area contributed by atoms with Crippen molar-refractivity contribution in [1.29, 1.82) is 0 Å². The van der Waals surface area contributed by atoms with Crippen LogP contribution in [0.4, 0.5) is 0 Å². The van der Waals surface area contributed by atoms with Gasteiger partial charge in [0.1, 0.15) is 5.82 Å². The van der Waals surface area contributed by atoms with Crippen molar-refractivity contribution >= 4 is 13.4 Å². The predicted molar refractivity (Wildman–Crippen MR) is 38.3 cm³/mol. The molecule has 1 aromatic heterocycles. The lowest BCUT2D eigenvalue weighted by Gasteiger charge is -1.99. The van der Waals surface area contributed by atoms with Crippen molar-refractivity contribution in [1.82, 2.24) is 9.97 Å².